The van der Waals surface area contributed by atoms with Gasteiger partial charge in [0.15, 0.2) is 10.7 Å². The molecule has 122 valence electrons. The Morgan fingerprint density at radius 2 is 2.22 bits per heavy atom. The SMILES string of the molecule is CCC[C@H]1C[C@@](C)(c2csc(Nc3ccccc3C)n2)OC1=O. The zero-order valence-corrected chi connectivity index (χ0v) is 14.6. The third kappa shape index (κ3) is 3.24. The van der Waals surface area contributed by atoms with Crippen molar-refractivity contribution in [1.29, 1.82) is 0 Å². The molecule has 1 aliphatic heterocycles. The summed E-state index contributed by atoms with van der Waals surface area (Å²) < 4.78 is 5.66. The van der Waals surface area contributed by atoms with Crippen LogP contribution in [-0.4, -0.2) is 11.0 Å². The molecule has 1 aliphatic rings. The Hall–Kier alpha value is -1.88. The average Bonchev–Trinajstić information content (AvgIpc) is 3.08. The Morgan fingerprint density at radius 1 is 1.43 bits per heavy atom. The first-order chi connectivity index (χ1) is 11.0. The molecule has 23 heavy (non-hydrogen) atoms. The molecule has 1 aromatic heterocycles. The average molecular weight is 330 g/mol. The molecule has 1 aromatic carbocycles. The second-order valence-corrected chi connectivity index (χ2v) is 7.18. The molecule has 0 saturated carbocycles. The molecule has 1 N–H and O–H groups in total. The van der Waals surface area contributed by atoms with Gasteiger partial charge in [-0.1, -0.05) is 31.5 Å². The highest BCUT2D eigenvalue weighted by atomic mass is 32.1. The molecule has 0 bridgehead atoms. The Bertz CT molecular complexity index is 713. The number of hydrogen-bond donors (Lipinski definition) is 1. The summed E-state index contributed by atoms with van der Waals surface area (Å²) in [6.07, 6.45) is 2.59. The fourth-order valence-electron chi connectivity index (χ4n) is 3.03. The number of benzene rings is 1. The van der Waals surface area contributed by atoms with Gasteiger partial charge in [-0.05, 0) is 31.9 Å². The molecule has 2 atom stereocenters. The summed E-state index contributed by atoms with van der Waals surface area (Å²) in [4.78, 5) is 16.7. The molecule has 1 fully saturated rings. The van der Waals surface area contributed by atoms with Crippen molar-refractivity contribution in [1.82, 2.24) is 4.98 Å². The predicted octanol–water partition coefficient (Wildman–Crippen LogP) is 4.77. The standard InChI is InChI=1S/C18H22N2O2S/c1-4-7-13-10-18(3,22-16(13)21)15-11-23-17(20-15)19-14-9-6-5-8-12(14)2/h5-6,8-9,11,13H,4,7,10H2,1-3H3,(H,19,20)/t13-,18-/m0/s1. The summed E-state index contributed by atoms with van der Waals surface area (Å²) in [5.41, 5.74) is 2.46. The van der Waals surface area contributed by atoms with Crippen molar-refractivity contribution >= 4 is 28.1 Å². The van der Waals surface area contributed by atoms with Crippen LogP contribution in [0.1, 0.15) is 44.4 Å². The summed E-state index contributed by atoms with van der Waals surface area (Å²) >= 11 is 1.54. The van der Waals surface area contributed by atoms with Crippen LogP contribution in [0.2, 0.25) is 0 Å². The number of carbonyl (C=O) groups is 1. The van der Waals surface area contributed by atoms with E-state index in [1.807, 2.05) is 30.5 Å². The molecular formula is C18H22N2O2S. The smallest absolute Gasteiger partial charge is 0.310 e. The van der Waals surface area contributed by atoms with Gasteiger partial charge in [0.2, 0.25) is 0 Å². The minimum absolute atomic E-state index is 0.000484. The van der Waals surface area contributed by atoms with Gasteiger partial charge in [-0.25, -0.2) is 4.98 Å². The molecule has 2 heterocycles. The number of aromatic nitrogens is 1. The van der Waals surface area contributed by atoms with Crippen LogP contribution in [0.25, 0.3) is 0 Å². The molecular weight excluding hydrogens is 308 g/mol. The number of carbonyl (C=O) groups excluding carboxylic acids is 1. The molecule has 0 amide bonds. The van der Waals surface area contributed by atoms with Gasteiger partial charge in [-0.3, -0.25) is 4.79 Å². The summed E-state index contributed by atoms with van der Waals surface area (Å²) in [7, 11) is 0. The van der Waals surface area contributed by atoms with Gasteiger partial charge >= 0.3 is 5.97 Å². The van der Waals surface area contributed by atoms with Crippen LogP contribution in [0.3, 0.4) is 0 Å². The molecule has 3 rings (SSSR count). The van der Waals surface area contributed by atoms with Crippen molar-refractivity contribution in [3.63, 3.8) is 0 Å². The fourth-order valence-corrected chi connectivity index (χ4v) is 3.87. The number of nitrogens with zero attached hydrogens (tertiary/aromatic N) is 1. The maximum atomic E-state index is 12.0. The second kappa shape index (κ2) is 6.32. The normalized spacial score (nSPS) is 23.8. The predicted molar refractivity (Wildman–Crippen MR) is 93.0 cm³/mol. The van der Waals surface area contributed by atoms with E-state index in [2.05, 4.69) is 30.2 Å². The summed E-state index contributed by atoms with van der Waals surface area (Å²) in [5, 5.41) is 6.16. The lowest BCUT2D eigenvalue weighted by Crippen LogP contribution is -2.21. The van der Waals surface area contributed by atoms with Crippen LogP contribution in [0.5, 0.6) is 0 Å². The highest BCUT2D eigenvalue weighted by Crippen LogP contribution is 2.42. The van der Waals surface area contributed by atoms with E-state index >= 15 is 0 Å². The lowest BCUT2D eigenvalue weighted by Gasteiger charge is -2.19. The summed E-state index contributed by atoms with van der Waals surface area (Å²) in [5.74, 6) is -0.0877. The minimum atomic E-state index is -0.598. The van der Waals surface area contributed by atoms with E-state index < -0.39 is 5.60 Å². The van der Waals surface area contributed by atoms with Gasteiger partial charge in [0.25, 0.3) is 0 Å². The molecule has 0 spiro atoms. The highest BCUT2D eigenvalue weighted by molar-refractivity contribution is 7.13. The van der Waals surface area contributed by atoms with Crippen LogP contribution in [-0.2, 0) is 15.1 Å². The van der Waals surface area contributed by atoms with Crippen molar-refractivity contribution in [2.24, 2.45) is 5.92 Å². The third-order valence-electron chi connectivity index (χ3n) is 4.36. The monoisotopic (exact) mass is 330 g/mol. The zero-order chi connectivity index (χ0) is 16.4. The lowest BCUT2D eigenvalue weighted by atomic mass is 9.91. The lowest BCUT2D eigenvalue weighted by molar-refractivity contribution is -0.150. The Kier molecular flexibility index (Phi) is 4.39. The van der Waals surface area contributed by atoms with Gasteiger partial charge in [-0.15, -0.1) is 11.3 Å². The van der Waals surface area contributed by atoms with Gasteiger partial charge in [-0.2, -0.15) is 0 Å². The van der Waals surface area contributed by atoms with Crippen LogP contribution in [0.4, 0.5) is 10.8 Å². The van der Waals surface area contributed by atoms with Crippen molar-refractivity contribution < 1.29 is 9.53 Å². The number of ether oxygens (including phenoxy) is 1. The Labute approximate surface area is 140 Å². The summed E-state index contributed by atoms with van der Waals surface area (Å²) in [6.45, 7) is 6.12. The first-order valence-electron chi connectivity index (χ1n) is 8.03. The van der Waals surface area contributed by atoms with Gasteiger partial charge < -0.3 is 10.1 Å². The van der Waals surface area contributed by atoms with Crippen LogP contribution in [0.15, 0.2) is 29.6 Å². The zero-order valence-electron chi connectivity index (χ0n) is 13.8. The van der Waals surface area contributed by atoms with Gasteiger partial charge in [0.05, 0.1) is 11.6 Å². The van der Waals surface area contributed by atoms with Crippen LogP contribution < -0.4 is 5.32 Å². The quantitative estimate of drug-likeness (QED) is 0.802. The van der Waals surface area contributed by atoms with Crippen molar-refractivity contribution in [3.8, 4) is 0 Å². The van der Waals surface area contributed by atoms with Crippen molar-refractivity contribution in [2.45, 2.75) is 45.6 Å². The number of rotatable bonds is 5. The van der Waals surface area contributed by atoms with E-state index in [9.17, 15) is 4.79 Å². The maximum absolute atomic E-state index is 12.0. The maximum Gasteiger partial charge on any atom is 0.310 e. The van der Waals surface area contributed by atoms with Crippen molar-refractivity contribution in [2.75, 3.05) is 5.32 Å². The van der Waals surface area contributed by atoms with Crippen LogP contribution in [0, 0.1) is 12.8 Å². The molecule has 0 aliphatic carbocycles. The fraction of sp³-hybridized carbons (Fsp3) is 0.444. The van der Waals surface area contributed by atoms with Gasteiger partial charge in [0, 0.05) is 17.5 Å². The number of thiazole rings is 1. The number of cyclic esters (lactones) is 1. The molecule has 1 saturated heterocycles. The largest absolute Gasteiger partial charge is 0.453 e. The Morgan fingerprint density at radius 3 is 2.96 bits per heavy atom. The molecule has 0 unspecified atom stereocenters. The van der Waals surface area contributed by atoms with E-state index in [0.29, 0.717) is 6.42 Å². The number of para-hydroxylation sites is 1. The first-order valence-corrected chi connectivity index (χ1v) is 8.91. The number of anilines is 2. The van der Waals surface area contributed by atoms with E-state index in [1.54, 1.807) is 11.3 Å². The number of hydrogen-bond acceptors (Lipinski definition) is 5. The third-order valence-corrected chi connectivity index (χ3v) is 5.12. The number of esters is 1. The van der Waals surface area contributed by atoms with Crippen molar-refractivity contribution in [3.05, 3.63) is 40.9 Å². The molecule has 5 heteroatoms. The van der Waals surface area contributed by atoms with Gasteiger partial charge in [0.1, 0.15) is 0 Å². The second-order valence-electron chi connectivity index (χ2n) is 6.32. The molecule has 4 nitrogen and oxygen atoms in total. The van der Waals surface area contributed by atoms with E-state index in [1.165, 1.54) is 5.56 Å². The van der Waals surface area contributed by atoms with E-state index in [0.717, 1.165) is 29.4 Å². The van der Waals surface area contributed by atoms with E-state index in [4.69, 9.17) is 4.74 Å². The minimum Gasteiger partial charge on any atom is -0.453 e. The number of nitrogens with one attached hydrogen (secondary N) is 1. The van der Waals surface area contributed by atoms with Crippen LogP contribution >= 0.6 is 11.3 Å². The topological polar surface area (TPSA) is 51.2 Å². The molecule has 0 radical (unpaired) electrons. The molecule has 2 aromatic rings. The van der Waals surface area contributed by atoms with E-state index in [-0.39, 0.29) is 11.9 Å². The number of aryl methyl sites for hydroxylation is 1. The summed E-state index contributed by atoms with van der Waals surface area (Å²) in [6, 6.07) is 8.11. The Balaban J connectivity index is 1.77. The first kappa shape index (κ1) is 16.0. The highest BCUT2D eigenvalue weighted by Gasteiger charge is 2.45.